The van der Waals surface area contributed by atoms with Crippen LogP contribution in [0.3, 0.4) is 0 Å². The molecule has 0 amide bonds. The lowest BCUT2D eigenvalue weighted by Crippen LogP contribution is -2.36. The van der Waals surface area contributed by atoms with E-state index < -0.39 is 0 Å². The molecular weight excluding hydrogens is 316 g/mol. The van der Waals surface area contributed by atoms with Crippen LogP contribution in [-0.4, -0.2) is 43.0 Å². The van der Waals surface area contributed by atoms with Gasteiger partial charge in [-0.25, -0.2) is 0 Å². The van der Waals surface area contributed by atoms with Crippen LogP contribution in [-0.2, 0) is 12.8 Å². The van der Waals surface area contributed by atoms with Crippen molar-refractivity contribution in [3.63, 3.8) is 0 Å². The molecular formula is C19H24N4O2. The second-order valence-electron chi connectivity index (χ2n) is 6.61. The summed E-state index contributed by atoms with van der Waals surface area (Å²) in [4.78, 5) is 13.3. The van der Waals surface area contributed by atoms with Crippen molar-refractivity contribution in [1.82, 2.24) is 4.90 Å². The molecule has 6 nitrogen and oxygen atoms in total. The first-order chi connectivity index (χ1) is 12.1. The van der Waals surface area contributed by atoms with E-state index in [4.69, 9.17) is 0 Å². The molecule has 1 atom stereocenters. The molecule has 0 aromatic heterocycles. The molecule has 0 saturated carbocycles. The first kappa shape index (κ1) is 17.2. The topological polar surface area (TPSA) is 70.4 Å². The van der Waals surface area contributed by atoms with Gasteiger partial charge in [0.2, 0.25) is 0 Å². The molecule has 2 N–H and O–H groups in total. The molecule has 2 aromatic rings. The fourth-order valence-corrected chi connectivity index (χ4v) is 3.28. The Morgan fingerprint density at radius 2 is 2.00 bits per heavy atom. The molecule has 0 radical (unpaired) electrons. The Hall–Kier alpha value is -2.60. The van der Waals surface area contributed by atoms with E-state index in [-0.39, 0.29) is 16.7 Å². The van der Waals surface area contributed by atoms with Crippen LogP contribution in [0.15, 0.2) is 42.5 Å². The lowest BCUT2D eigenvalue weighted by atomic mass is 10.0. The molecule has 0 bridgehead atoms. The minimum Gasteiger partial charge on any atom is -0.384 e. The fraction of sp³-hybridized carbons (Fsp3) is 0.368. The summed E-state index contributed by atoms with van der Waals surface area (Å²) in [6.45, 7) is 1.48. The van der Waals surface area contributed by atoms with Gasteiger partial charge < -0.3 is 15.5 Å². The van der Waals surface area contributed by atoms with Crippen LogP contribution < -0.4 is 10.6 Å². The number of nitrogens with one attached hydrogen (secondary N) is 2. The maximum Gasteiger partial charge on any atom is 0.292 e. The number of hydrogen-bond donors (Lipinski definition) is 2. The molecule has 0 fully saturated rings. The fourth-order valence-electron chi connectivity index (χ4n) is 3.28. The normalized spacial score (nSPS) is 14.0. The number of likely N-dealkylation sites (N-methyl/N-ethyl adjacent to an activating group) is 1. The van der Waals surface area contributed by atoms with E-state index in [1.165, 1.54) is 5.56 Å². The Bertz CT molecular complexity index is 747. The van der Waals surface area contributed by atoms with Crippen molar-refractivity contribution in [2.24, 2.45) is 0 Å². The highest BCUT2D eigenvalue weighted by Gasteiger charge is 2.24. The number of nitro benzene ring substituents is 1. The minimum absolute atomic E-state index is 0.152. The van der Waals surface area contributed by atoms with Gasteiger partial charge in [0.25, 0.3) is 5.69 Å². The number of fused-ring (bicyclic) bond motifs is 1. The largest absolute Gasteiger partial charge is 0.384 e. The van der Waals surface area contributed by atoms with E-state index in [1.54, 1.807) is 12.1 Å². The summed E-state index contributed by atoms with van der Waals surface area (Å²) in [5.41, 5.74) is 4.09. The van der Waals surface area contributed by atoms with Crippen LogP contribution in [0, 0.1) is 10.1 Å². The predicted molar refractivity (Wildman–Crippen MR) is 101 cm³/mol. The number of rotatable bonds is 7. The van der Waals surface area contributed by atoms with E-state index in [0.29, 0.717) is 12.2 Å². The second kappa shape index (κ2) is 7.53. The van der Waals surface area contributed by atoms with Crippen molar-refractivity contribution in [1.29, 1.82) is 0 Å². The van der Waals surface area contributed by atoms with E-state index in [1.807, 2.05) is 32.3 Å². The lowest BCUT2D eigenvalue weighted by molar-refractivity contribution is -0.384. The Morgan fingerprint density at radius 1 is 1.24 bits per heavy atom. The number of benzene rings is 2. The average molecular weight is 340 g/mol. The monoisotopic (exact) mass is 340 g/mol. The van der Waals surface area contributed by atoms with Gasteiger partial charge in [-0.2, -0.15) is 0 Å². The third-order valence-electron chi connectivity index (χ3n) is 4.74. The highest BCUT2D eigenvalue weighted by atomic mass is 16.6. The van der Waals surface area contributed by atoms with Gasteiger partial charge in [0.1, 0.15) is 5.69 Å². The molecule has 3 rings (SSSR count). The van der Waals surface area contributed by atoms with Gasteiger partial charge in [-0.3, -0.25) is 10.1 Å². The molecule has 132 valence electrons. The number of nitro groups is 1. The smallest absolute Gasteiger partial charge is 0.292 e. The highest BCUT2D eigenvalue weighted by molar-refractivity contribution is 5.77. The maximum absolute atomic E-state index is 11.4. The van der Waals surface area contributed by atoms with Crippen LogP contribution >= 0.6 is 0 Å². The highest BCUT2D eigenvalue weighted by Crippen LogP contribution is 2.36. The van der Waals surface area contributed by atoms with Crippen LogP contribution in [0.2, 0.25) is 0 Å². The number of nitrogens with zero attached hydrogens (tertiary/aromatic N) is 2. The average Bonchev–Trinajstić information content (AvgIpc) is 3.07. The van der Waals surface area contributed by atoms with Crippen molar-refractivity contribution in [2.75, 3.05) is 37.8 Å². The maximum atomic E-state index is 11.4. The van der Waals surface area contributed by atoms with Gasteiger partial charge in [0, 0.05) is 36.4 Å². The van der Waals surface area contributed by atoms with Gasteiger partial charge in [-0.05, 0) is 38.6 Å². The van der Waals surface area contributed by atoms with E-state index in [9.17, 15) is 10.1 Å². The van der Waals surface area contributed by atoms with Crippen LogP contribution in [0.1, 0.15) is 11.1 Å². The molecule has 1 unspecified atom stereocenters. The summed E-state index contributed by atoms with van der Waals surface area (Å²) in [6.07, 6.45) is 1.70. The van der Waals surface area contributed by atoms with Gasteiger partial charge in [-0.15, -0.1) is 0 Å². The quantitative estimate of drug-likeness (QED) is 0.598. The zero-order valence-corrected chi connectivity index (χ0v) is 14.7. The third-order valence-corrected chi connectivity index (χ3v) is 4.74. The molecule has 6 heteroatoms. The number of hydrogen-bond acceptors (Lipinski definition) is 5. The Morgan fingerprint density at radius 3 is 2.68 bits per heavy atom. The molecule has 1 aliphatic rings. The van der Waals surface area contributed by atoms with E-state index in [0.717, 1.165) is 30.6 Å². The SMILES string of the molecule is CN(C)C(CNc1c([N+](=O)[O-])ccc2c1CCN2)Cc1ccccc1. The molecule has 25 heavy (non-hydrogen) atoms. The van der Waals surface area contributed by atoms with Gasteiger partial charge in [0.05, 0.1) is 4.92 Å². The van der Waals surface area contributed by atoms with Gasteiger partial charge in [-0.1, -0.05) is 30.3 Å². The zero-order chi connectivity index (χ0) is 17.8. The zero-order valence-electron chi connectivity index (χ0n) is 14.7. The van der Waals surface area contributed by atoms with Crippen molar-refractivity contribution in [2.45, 2.75) is 18.9 Å². The molecule has 0 saturated heterocycles. The lowest BCUT2D eigenvalue weighted by Gasteiger charge is -2.25. The Labute approximate surface area is 148 Å². The minimum atomic E-state index is -0.303. The molecule has 0 aliphatic carbocycles. The van der Waals surface area contributed by atoms with E-state index >= 15 is 0 Å². The van der Waals surface area contributed by atoms with Crippen molar-refractivity contribution in [3.8, 4) is 0 Å². The Kier molecular flexibility index (Phi) is 5.19. The molecule has 2 aromatic carbocycles. The molecule has 1 aliphatic heterocycles. The summed E-state index contributed by atoms with van der Waals surface area (Å²) in [5.74, 6) is 0. The van der Waals surface area contributed by atoms with E-state index in [2.05, 4.69) is 27.7 Å². The van der Waals surface area contributed by atoms with Crippen molar-refractivity contribution >= 4 is 17.1 Å². The van der Waals surface area contributed by atoms with Crippen molar-refractivity contribution < 1.29 is 4.92 Å². The Balaban J connectivity index is 1.79. The van der Waals surface area contributed by atoms with Gasteiger partial charge in [0.15, 0.2) is 0 Å². The second-order valence-corrected chi connectivity index (χ2v) is 6.61. The van der Waals surface area contributed by atoms with Gasteiger partial charge >= 0.3 is 0 Å². The van der Waals surface area contributed by atoms with Crippen LogP contribution in [0.25, 0.3) is 0 Å². The van der Waals surface area contributed by atoms with Crippen LogP contribution in [0.5, 0.6) is 0 Å². The van der Waals surface area contributed by atoms with Crippen LogP contribution in [0.4, 0.5) is 17.1 Å². The summed E-state index contributed by atoms with van der Waals surface area (Å²) < 4.78 is 0. The molecule has 0 spiro atoms. The summed E-state index contributed by atoms with van der Waals surface area (Å²) >= 11 is 0. The first-order valence-electron chi connectivity index (χ1n) is 8.54. The first-order valence-corrected chi connectivity index (χ1v) is 8.54. The summed E-state index contributed by atoms with van der Waals surface area (Å²) in [5, 5.41) is 18.1. The van der Waals surface area contributed by atoms with Crippen molar-refractivity contribution in [3.05, 3.63) is 63.7 Å². The third kappa shape index (κ3) is 3.91. The summed E-state index contributed by atoms with van der Waals surface area (Å²) in [7, 11) is 4.08. The predicted octanol–water partition coefficient (Wildman–Crippen LogP) is 3.15. The number of anilines is 2. The molecule has 1 heterocycles. The summed E-state index contributed by atoms with van der Waals surface area (Å²) in [6, 6.07) is 13.9. The standard InChI is InChI=1S/C19H24N4O2/c1-22(2)15(12-14-6-4-3-5-7-14)13-21-19-16-10-11-20-17(16)8-9-18(19)23(24)25/h3-9,15,20-21H,10-13H2,1-2H3.